The Bertz CT molecular complexity index is 1050. The summed E-state index contributed by atoms with van der Waals surface area (Å²) in [6.07, 6.45) is 4.13. The Hall–Kier alpha value is -3.30. The molecule has 0 aromatic heterocycles. The molecule has 0 bridgehead atoms. The van der Waals surface area contributed by atoms with Crippen molar-refractivity contribution >= 4 is 10.8 Å². The molecule has 0 spiro atoms. The molecule has 3 rings (SSSR count). The Morgan fingerprint density at radius 1 is 0.852 bits per heavy atom. The third-order valence-electron chi connectivity index (χ3n) is 4.92. The molecule has 0 heterocycles. The molecule has 0 N–H and O–H groups in total. The highest BCUT2D eigenvalue weighted by atomic mass is 16.5. The molecule has 3 heteroatoms. The molecule has 27 heavy (non-hydrogen) atoms. The normalized spacial score (nSPS) is 10.4. The summed E-state index contributed by atoms with van der Waals surface area (Å²) in [4.78, 5) is 0. The number of benzene rings is 3. The molecule has 0 aliphatic rings. The van der Waals surface area contributed by atoms with E-state index in [4.69, 9.17) is 4.74 Å². The van der Waals surface area contributed by atoms with Gasteiger partial charge >= 0.3 is 0 Å². The van der Waals surface area contributed by atoms with E-state index in [0.717, 1.165) is 58.9 Å². The van der Waals surface area contributed by atoms with Gasteiger partial charge in [0.05, 0.1) is 18.2 Å². The summed E-state index contributed by atoms with van der Waals surface area (Å²) < 4.78 is 5.28. The lowest BCUT2D eigenvalue weighted by molar-refractivity contribution is 0.415. The van der Waals surface area contributed by atoms with Gasteiger partial charge in [0.15, 0.2) is 0 Å². The summed E-state index contributed by atoms with van der Waals surface area (Å²) in [6, 6.07) is 20.5. The van der Waals surface area contributed by atoms with E-state index in [1.54, 1.807) is 7.11 Å². The van der Waals surface area contributed by atoms with Crippen LogP contribution >= 0.6 is 0 Å². The zero-order valence-corrected chi connectivity index (χ0v) is 15.7. The molecule has 0 saturated heterocycles. The third-order valence-corrected chi connectivity index (χ3v) is 4.92. The Balaban J connectivity index is 2.07. The highest BCUT2D eigenvalue weighted by Crippen LogP contribution is 2.32. The molecule has 3 aromatic rings. The molecule has 0 aliphatic heterocycles. The molecule has 0 atom stereocenters. The van der Waals surface area contributed by atoms with Crippen molar-refractivity contribution in [2.75, 3.05) is 7.11 Å². The fourth-order valence-electron chi connectivity index (χ4n) is 3.42. The maximum atomic E-state index is 9.75. The third kappa shape index (κ3) is 3.78. The van der Waals surface area contributed by atoms with Gasteiger partial charge in [-0.2, -0.15) is 10.5 Å². The number of methoxy groups -OCH3 is 1. The van der Waals surface area contributed by atoms with Gasteiger partial charge < -0.3 is 4.74 Å². The summed E-state index contributed by atoms with van der Waals surface area (Å²) in [7, 11) is 1.65. The van der Waals surface area contributed by atoms with Gasteiger partial charge in [0.25, 0.3) is 0 Å². The number of nitriles is 2. The van der Waals surface area contributed by atoms with Crippen LogP contribution < -0.4 is 4.74 Å². The number of aryl methyl sites for hydroxylation is 1. The van der Waals surface area contributed by atoms with Crippen molar-refractivity contribution < 1.29 is 4.74 Å². The van der Waals surface area contributed by atoms with Crippen LogP contribution in [-0.2, 0) is 6.42 Å². The molecule has 0 radical (unpaired) electrons. The highest BCUT2D eigenvalue weighted by molar-refractivity contribution is 5.89. The van der Waals surface area contributed by atoms with Gasteiger partial charge in [-0.1, -0.05) is 50.1 Å². The smallest absolute Gasteiger partial charge is 0.119 e. The van der Waals surface area contributed by atoms with E-state index in [-0.39, 0.29) is 0 Å². The molecular formula is C24H22N2O. The second-order valence-corrected chi connectivity index (χ2v) is 6.63. The summed E-state index contributed by atoms with van der Waals surface area (Å²) in [5.74, 6) is 0.816. The van der Waals surface area contributed by atoms with Gasteiger partial charge in [0, 0.05) is 5.56 Å². The minimum atomic E-state index is 0.472. The lowest BCUT2D eigenvalue weighted by Crippen LogP contribution is -1.97. The van der Waals surface area contributed by atoms with E-state index in [1.807, 2.05) is 42.5 Å². The van der Waals surface area contributed by atoms with Crippen LogP contribution in [0.4, 0.5) is 0 Å². The summed E-state index contributed by atoms with van der Waals surface area (Å²) in [6.45, 7) is 2.16. The first kappa shape index (κ1) is 18.5. The van der Waals surface area contributed by atoms with E-state index >= 15 is 0 Å². The molecule has 0 aliphatic carbocycles. The molecule has 0 saturated carbocycles. The second kappa shape index (κ2) is 8.39. The zero-order valence-electron chi connectivity index (χ0n) is 15.7. The monoisotopic (exact) mass is 354 g/mol. The molecule has 0 fully saturated rings. The number of unbranched alkanes of at least 4 members (excludes halogenated alkanes) is 2. The minimum Gasteiger partial charge on any atom is -0.497 e. The topological polar surface area (TPSA) is 56.8 Å². The fraction of sp³-hybridized carbons (Fsp3) is 0.250. The number of hydrogen-bond donors (Lipinski definition) is 0. The average molecular weight is 354 g/mol. The first-order valence-electron chi connectivity index (χ1n) is 9.26. The Morgan fingerprint density at radius 3 is 2.30 bits per heavy atom. The Labute approximate surface area is 160 Å². The van der Waals surface area contributed by atoms with Crippen molar-refractivity contribution in [2.24, 2.45) is 0 Å². The number of rotatable bonds is 6. The van der Waals surface area contributed by atoms with Crippen LogP contribution in [0.3, 0.4) is 0 Å². The van der Waals surface area contributed by atoms with Gasteiger partial charge in [-0.05, 0) is 52.9 Å². The number of hydrogen-bond acceptors (Lipinski definition) is 3. The first-order chi connectivity index (χ1) is 13.2. The lowest BCUT2D eigenvalue weighted by Gasteiger charge is -2.12. The van der Waals surface area contributed by atoms with Crippen molar-refractivity contribution in [2.45, 2.75) is 32.6 Å². The van der Waals surface area contributed by atoms with E-state index < -0.39 is 0 Å². The van der Waals surface area contributed by atoms with Gasteiger partial charge in [-0.3, -0.25) is 0 Å². The molecule has 0 unspecified atom stereocenters. The van der Waals surface area contributed by atoms with Crippen molar-refractivity contribution in [1.29, 1.82) is 10.5 Å². The standard InChI is InChI=1S/C24H22N2O/c1-3-4-5-6-17-10-12-22(24(16-26)23(17)15-25)20-8-7-19-14-21(27-2)11-9-18(19)13-20/h7-14H,3-6H2,1-2H3. The summed E-state index contributed by atoms with van der Waals surface area (Å²) in [5, 5.41) is 21.6. The lowest BCUT2D eigenvalue weighted by atomic mass is 9.90. The summed E-state index contributed by atoms with van der Waals surface area (Å²) >= 11 is 0. The van der Waals surface area contributed by atoms with Crippen LogP contribution in [0.5, 0.6) is 5.75 Å². The predicted octanol–water partition coefficient (Wildman–Crippen LogP) is 5.99. The van der Waals surface area contributed by atoms with Crippen molar-refractivity contribution in [3.05, 3.63) is 65.2 Å². The van der Waals surface area contributed by atoms with Gasteiger partial charge in [0.1, 0.15) is 17.9 Å². The predicted molar refractivity (Wildman–Crippen MR) is 109 cm³/mol. The van der Waals surface area contributed by atoms with Gasteiger partial charge in [0.2, 0.25) is 0 Å². The Kier molecular flexibility index (Phi) is 5.74. The largest absolute Gasteiger partial charge is 0.497 e. The van der Waals surface area contributed by atoms with Gasteiger partial charge in [-0.25, -0.2) is 0 Å². The van der Waals surface area contributed by atoms with Crippen molar-refractivity contribution in [3.8, 4) is 29.0 Å². The van der Waals surface area contributed by atoms with E-state index in [2.05, 4.69) is 25.1 Å². The number of fused-ring (bicyclic) bond motifs is 1. The molecule has 3 nitrogen and oxygen atoms in total. The number of ether oxygens (including phenoxy) is 1. The minimum absolute atomic E-state index is 0.472. The highest BCUT2D eigenvalue weighted by Gasteiger charge is 2.14. The number of nitrogens with zero attached hydrogens (tertiary/aromatic N) is 2. The maximum absolute atomic E-state index is 9.75. The van der Waals surface area contributed by atoms with Crippen LogP contribution in [0.2, 0.25) is 0 Å². The summed E-state index contributed by atoms with van der Waals surface area (Å²) in [5.41, 5.74) is 3.71. The van der Waals surface area contributed by atoms with Crippen molar-refractivity contribution in [3.63, 3.8) is 0 Å². The Morgan fingerprint density at radius 2 is 1.59 bits per heavy atom. The molecule has 134 valence electrons. The van der Waals surface area contributed by atoms with E-state index in [9.17, 15) is 10.5 Å². The SMILES string of the molecule is CCCCCc1ccc(-c2ccc3cc(OC)ccc3c2)c(C#N)c1C#N. The van der Waals surface area contributed by atoms with Gasteiger partial charge in [-0.15, -0.1) is 0 Å². The maximum Gasteiger partial charge on any atom is 0.119 e. The quantitative estimate of drug-likeness (QED) is 0.511. The van der Waals surface area contributed by atoms with Crippen LogP contribution in [0.15, 0.2) is 48.5 Å². The average Bonchev–Trinajstić information content (AvgIpc) is 2.72. The van der Waals surface area contributed by atoms with Crippen LogP contribution in [0.25, 0.3) is 21.9 Å². The van der Waals surface area contributed by atoms with Crippen molar-refractivity contribution in [1.82, 2.24) is 0 Å². The van der Waals surface area contributed by atoms with Crippen LogP contribution in [-0.4, -0.2) is 7.11 Å². The molecule has 3 aromatic carbocycles. The zero-order chi connectivity index (χ0) is 19.2. The van der Waals surface area contributed by atoms with E-state index in [0.29, 0.717) is 11.1 Å². The molecule has 0 amide bonds. The van der Waals surface area contributed by atoms with Crippen LogP contribution in [0, 0.1) is 22.7 Å². The fourth-order valence-corrected chi connectivity index (χ4v) is 3.42. The first-order valence-corrected chi connectivity index (χ1v) is 9.26. The molecular weight excluding hydrogens is 332 g/mol. The van der Waals surface area contributed by atoms with E-state index in [1.165, 1.54) is 0 Å². The van der Waals surface area contributed by atoms with Crippen LogP contribution in [0.1, 0.15) is 42.9 Å². The second-order valence-electron chi connectivity index (χ2n) is 6.63.